The van der Waals surface area contributed by atoms with Gasteiger partial charge < -0.3 is 15.5 Å². The minimum Gasteiger partial charge on any atom is -0.347 e. The first-order valence-electron chi connectivity index (χ1n) is 12.0. The van der Waals surface area contributed by atoms with Gasteiger partial charge in [-0.3, -0.25) is 14.4 Å². The van der Waals surface area contributed by atoms with Crippen molar-refractivity contribution in [3.05, 3.63) is 94.6 Å². The molecule has 1 aromatic heterocycles. The highest BCUT2D eigenvalue weighted by Gasteiger charge is 2.14. The van der Waals surface area contributed by atoms with Crippen molar-refractivity contribution >= 4 is 17.7 Å². The lowest BCUT2D eigenvalue weighted by Crippen LogP contribution is -2.30. The summed E-state index contributed by atoms with van der Waals surface area (Å²) >= 11 is 0. The predicted octanol–water partition coefficient (Wildman–Crippen LogP) is 3.13. The summed E-state index contributed by atoms with van der Waals surface area (Å²) < 4.78 is 16.6. The van der Waals surface area contributed by atoms with E-state index in [0.29, 0.717) is 25.2 Å². The molecule has 0 unspecified atom stereocenters. The molecule has 3 aromatic rings. The molecule has 176 valence electrons. The van der Waals surface area contributed by atoms with E-state index in [1.165, 1.54) is 30.3 Å². The standard InChI is InChI=1S/C26H29N5O3/c1-4-31(5-2)26(34)21-11-9-19(10-12-21)15-27-24(32)22-14-23(30-17-29-22)25(33)28-16-20-8-6-7-18(3)13-20/h6-14,17H,4-5,15-16H2,1-3H3,(H,27,32)(H,28,33)/i15D2. The van der Waals surface area contributed by atoms with E-state index in [9.17, 15) is 14.4 Å². The summed E-state index contributed by atoms with van der Waals surface area (Å²) in [5.41, 5.74) is 2.43. The molecule has 3 rings (SSSR count). The second kappa shape index (κ2) is 11.7. The maximum atomic E-state index is 12.7. The van der Waals surface area contributed by atoms with Crippen LogP contribution in [0.1, 0.15) is 64.6 Å². The molecule has 0 radical (unpaired) electrons. The van der Waals surface area contributed by atoms with E-state index in [1.807, 2.05) is 45.0 Å². The van der Waals surface area contributed by atoms with Crippen molar-refractivity contribution < 1.29 is 17.1 Å². The van der Waals surface area contributed by atoms with Crippen molar-refractivity contribution in [2.45, 2.75) is 33.8 Å². The molecule has 8 nitrogen and oxygen atoms in total. The molecule has 0 bridgehead atoms. The van der Waals surface area contributed by atoms with E-state index >= 15 is 0 Å². The van der Waals surface area contributed by atoms with E-state index in [0.717, 1.165) is 17.5 Å². The van der Waals surface area contributed by atoms with E-state index in [2.05, 4.69) is 20.6 Å². The fourth-order valence-corrected chi connectivity index (χ4v) is 3.28. The Morgan fingerprint density at radius 3 is 2.15 bits per heavy atom. The van der Waals surface area contributed by atoms with Gasteiger partial charge in [-0.1, -0.05) is 42.0 Å². The van der Waals surface area contributed by atoms with Crippen molar-refractivity contribution in [3.63, 3.8) is 0 Å². The Kier molecular flexibility index (Phi) is 7.48. The van der Waals surface area contributed by atoms with Crippen molar-refractivity contribution in [3.8, 4) is 0 Å². The molecule has 0 spiro atoms. The largest absolute Gasteiger partial charge is 0.347 e. The molecule has 0 aliphatic rings. The Morgan fingerprint density at radius 1 is 0.882 bits per heavy atom. The van der Waals surface area contributed by atoms with Gasteiger partial charge in [0.15, 0.2) is 0 Å². The summed E-state index contributed by atoms with van der Waals surface area (Å²) in [7, 11) is 0. The minimum absolute atomic E-state index is 0.0115. The number of aromatic nitrogens is 2. The van der Waals surface area contributed by atoms with Crippen LogP contribution in [0.5, 0.6) is 0 Å². The minimum atomic E-state index is -2.24. The molecule has 8 heteroatoms. The molecule has 0 aliphatic carbocycles. The SMILES string of the molecule is [2H]C([2H])(NC(=O)c1cc(C(=O)NCc2cccc(C)c2)ncn1)c1ccc(C(=O)N(CC)CC)cc1. The van der Waals surface area contributed by atoms with Gasteiger partial charge in [0.2, 0.25) is 0 Å². The zero-order chi connectivity index (χ0) is 26.3. The Morgan fingerprint density at radius 2 is 1.53 bits per heavy atom. The van der Waals surface area contributed by atoms with Crippen molar-refractivity contribution in [1.82, 2.24) is 25.5 Å². The van der Waals surface area contributed by atoms with Gasteiger partial charge in [0.1, 0.15) is 17.7 Å². The molecule has 0 aliphatic heterocycles. The maximum Gasteiger partial charge on any atom is 0.270 e. The van der Waals surface area contributed by atoms with E-state index in [-0.39, 0.29) is 22.9 Å². The highest BCUT2D eigenvalue weighted by molar-refractivity contribution is 5.97. The summed E-state index contributed by atoms with van der Waals surface area (Å²) in [5, 5.41) is 5.04. The van der Waals surface area contributed by atoms with Crippen LogP contribution in [0.15, 0.2) is 60.9 Å². The molecular weight excluding hydrogens is 430 g/mol. The van der Waals surface area contributed by atoms with Gasteiger partial charge in [-0.15, -0.1) is 0 Å². The summed E-state index contributed by atoms with van der Waals surface area (Å²) in [5.74, 6) is -1.44. The lowest BCUT2D eigenvalue weighted by atomic mass is 10.1. The summed E-state index contributed by atoms with van der Waals surface area (Å²) in [4.78, 5) is 47.2. The molecular formula is C26H29N5O3. The van der Waals surface area contributed by atoms with Crippen LogP contribution in [0.3, 0.4) is 0 Å². The first-order valence-corrected chi connectivity index (χ1v) is 11.0. The average Bonchev–Trinajstić information content (AvgIpc) is 2.88. The molecule has 1 heterocycles. The normalized spacial score (nSPS) is 11.7. The summed E-state index contributed by atoms with van der Waals surface area (Å²) in [6, 6.07) is 14.9. The van der Waals surface area contributed by atoms with Gasteiger partial charge in [-0.2, -0.15) is 0 Å². The van der Waals surface area contributed by atoms with Crippen molar-refractivity contribution in [2.24, 2.45) is 0 Å². The first kappa shape index (κ1) is 21.8. The topological polar surface area (TPSA) is 104 Å². The summed E-state index contributed by atoms with van der Waals surface area (Å²) in [6.45, 7) is 4.91. The molecule has 2 aromatic carbocycles. The van der Waals surface area contributed by atoms with Crippen molar-refractivity contribution in [1.29, 1.82) is 0 Å². The number of hydrogen-bond acceptors (Lipinski definition) is 5. The second-order valence-electron chi connectivity index (χ2n) is 7.59. The van der Waals surface area contributed by atoms with Gasteiger partial charge in [-0.05, 0) is 44.0 Å². The predicted molar refractivity (Wildman–Crippen MR) is 129 cm³/mol. The fourth-order valence-electron chi connectivity index (χ4n) is 3.28. The Bertz CT molecular complexity index is 1240. The van der Waals surface area contributed by atoms with Gasteiger partial charge in [0.25, 0.3) is 17.7 Å². The van der Waals surface area contributed by atoms with Gasteiger partial charge in [0, 0.05) is 37.8 Å². The zero-order valence-corrected chi connectivity index (χ0v) is 19.5. The van der Waals surface area contributed by atoms with Crippen LogP contribution >= 0.6 is 0 Å². The number of rotatable bonds is 9. The summed E-state index contributed by atoms with van der Waals surface area (Å²) in [6.07, 6.45) is 1.08. The van der Waals surface area contributed by atoms with E-state index < -0.39 is 18.3 Å². The fraction of sp³-hybridized carbons (Fsp3) is 0.269. The smallest absolute Gasteiger partial charge is 0.270 e. The van der Waals surface area contributed by atoms with Crippen LogP contribution in [0.25, 0.3) is 0 Å². The molecule has 0 atom stereocenters. The lowest BCUT2D eigenvalue weighted by molar-refractivity contribution is 0.0772. The van der Waals surface area contributed by atoms with Gasteiger partial charge in [-0.25, -0.2) is 9.97 Å². The molecule has 0 saturated heterocycles. The zero-order valence-electron chi connectivity index (χ0n) is 21.5. The van der Waals surface area contributed by atoms with Crippen LogP contribution in [0, 0.1) is 6.92 Å². The molecule has 3 amide bonds. The number of nitrogens with zero attached hydrogens (tertiary/aromatic N) is 3. The number of carbonyl (C=O) groups is 3. The highest BCUT2D eigenvalue weighted by atomic mass is 16.2. The Labute approximate surface area is 202 Å². The van der Waals surface area contributed by atoms with Crippen LogP contribution in [0.2, 0.25) is 0 Å². The Balaban J connectivity index is 1.67. The number of aryl methyl sites for hydroxylation is 1. The number of benzene rings is 2. The van der Waals surface area contributed by atoms with E-state index in [4.69, 9.17) is 2.74 Å². The second-order valence-corrected chi connectivity index (χ2v) is 7.59. The molecule has 0 fully saturated rings. The van der Waals surface area contributed by atoms with Gasteiger partial charge >= 0.3 is 0 Å². The quantitative estimate of drug-likeness (QED) is 0.510. The third-order valence-corrected chi connectivity index (χ3v) is 5.17. The van der Waals surface area contributed by atoms with Crippen LogP contribution in [0.4, 0.5) is 0 Å². The van der Waals surface area contributed by atoms with Crippen molar-refractivity contribution in [2.75, 3.05) is 13.1 Å². The third kappa shape index (κ3) is 6.48. The monoisotopic (exact) mass is 461 g/mol. The van der Waals surface area contributed by atoms with Crippen LogP contribution in [-0.2, 0) is 13.0 Å². The van der Waals surface area contributed by atoms with Crippen LogP contribution < -0.4 is 10.6 Å². The highest BCUT2D eigenvalue weighted by Crippen LogP contribution is 2.09. The third-order valence-electron chi connectivity index (χ3n) is 5.17. The maximum absolute atomic E-state index is 12.7. The average molecular weight is 462 g/mol. The number of amides is 3. The Hall–Kier alpha value is -4.07. The van der Waals surface area contributed by atoms with Crippen LogP contribution in [-0.4, -0.2) is 45.7 Å². The number of nitrogens with one attached hydrogen (secondary N) is 2. The lowest BCUT2D eigenvalue weighted by Gasteiger charge is -2.18. The van der Waals surface area contributed by atoms with Gasteiger partial charge in [0.05, 0.1) is 2.74 Å². The molecule has 2 N–H and O–H groups in total. The molecule has 34 heavy (non-hydrogen) atoms. The van der Waals surface area contributed by atoms with E-state index in [1.54, 1.807) is 4.90 Å². The number of hydrogen-bond donors (Lipinski definition) is 2. The first-order chi connectivity index (χ1) is 17.1. The molecule has 0 saturated carbocycles. The number of carbonyl (C=O) groups excluding carboxylic acids is 3.